The Morgan fingerprint density at radius 1 is 1.12 bits per heavy atom. The highest BCUT2D eigenvalue weighted by Crippen LogP contribution is 2.69. The molecule has 4 aliphatic carbocycles. The van der Waals surface area contributed by atoms with Crippen molar-refractivity contribution in [2.45, 2.75) is 89.8 Å². The molecular weight excluding hydrogens is 416 g/mol. The molecule has 0 saturated heterocycles. The first-order valence-corrected chi connectivity index (χ1v) is 13.2. The minimum absolute atomic E-state index is 0.00960. The van der Waals surface area contributed by atoms with Crippen LogP contribution in [0.5, 0.6) is 0 Å². The Kier molecular flexibility index (Phi) is 7.44. The smallest absolute Gasteiger partial charge is 0.185 e. The summed E-state index contributed by atoms with van der Waals surface area (Å²) < 4.78 is 0. The van der Waals surface area contributed by atoms with Crippen molar-refractivity contribution in [3.63, 3.8) is 0 Å². The van der Waals surface area contributed by atoms with Gasteiger partial charge in [-0.15, -0.1) is 0 Å². The van der Waals surface area contributed by atoms with Crippen LogP contribution in [0.15, 0.2) is 12.2 Å². The minimum atomic E-state index is -0.567. The number of aliphatic hydroxyl groups is 2. The highest BCUT2D eigenvalue weighted by Gasteiger charge is 2.66. The Morgan fingerprint density at radius 2 is 1.94 bits per heavy atom. The molecule has 0 unspecified atom stereocenters. The summed E-state index contributed by atoms with van der Waals surface area (Å²) in [6.07, 6.45) is 14.7. The normalized spacial score (nSPS) is 44.8. The maximum absolute atomic E-state index is 12.2. The van der Waals surface area contributed by atoms with Crippen LogP contribution in [0.1, 0.15) is 78.1 Å². The van der Waals surface area contributed by atoms with Crippen LogP contribution in [0.25, 0.3) is 0 Å². The summed E-state index contributed by atoms with van der Waals surface area (Å²) in [7, 11) is 0. The molecule has 0 bridgehead atoms. The van der Waals surface area contributed by atoms with Gasteiger partial charge in [0.05, 0.1) is 18.3 Å². The summed E-state index contributed by atoms with van der Waals surface area (Å²) in [5, 5.41) is 32.3. The molecule has 7 N–H and O–H groups in total. The second kappa shape index (κ2) is 9.84. The van der Waals surface area contributed by atoms with Crippen molar-refractivity contribution in [3.8, 4) is 0 Å². The molecule has 4 rings (SSSR count). The van der Waals surface area contributed by atoms with Gasteiger partial charge in [0.25, 0.3) is 0 Å². The first-order valence-electron chi connectivity index (χ1n) is 13.2. The molecule has 0 aromatic rings. The molecule has 0 aliphatic heterocycles. The molecule has 0 spiro atoms. The van der Waals surface area contributed by atoms with Crippen molar-refractivity contribution in [1.29, 1.82) is 5.41 Å². The van der Waals surface area contributed by atoms with E-state index >= 15 is 0 Å². The van der Waals surface area contributed by atoms with E-state index in [1.54, 1.807) is 0 Å². The van der Waals surface area contributed by atoms with Crippen LogP contribution in [0.2, 0.25) is 0 Å². The van der Waals surface area contributed by atoms with Gasteiger partial charge in [0.15, 0.2) is 5.96 Å². The zero-order chi connectivity index (χ0) is 23.7. The second-order valence-electron chi connectivity index (χ2n) is 11.8. The van der Waals surface area contributed by atoms with Gasteiger partial charge in [0.1, 0.15) is 0 Å². The van der Waals surface area contributed by atoms with E-state index in [0.717, 1.165) is 57.8 Å². The second-order valence-corrected chi connectivity index (χ2v) is 11.8. The predicted molar refractivity (Wildman–Crippen MR) is 130 cm³/mol. The third-order valence-electron chi connectivity index (χ3n) is 10.3. The molecule has 4 fully saturated rings. The predicted octanol–water partition coefficient (Wildman–Crippen LogP) is 3.07. The standard InChI is InChI=1S/C26H46N4O3/c1-24-11-9-20(31)17-19(24)6-7-22-21(24)10-12-25(2)18(8-13-26(22,25)32)5-3-15-30-33-16-4-14-29-23(27)28/h3,5,18-22,30-32H,4,6-17H2,1-2H3,(H4,27,28,29)/b5-3+/t18-,19+,20-,21-,22+,24-,25+,26-/m0/s1. The third kappa shape index (κ3) is 4.58. The van der Waals surface area contributed by atoms with Gasteiger partial charge < -0.3 is 26.1 Å². The molecule has 4 aliphatic rings. The van der Waals surface area contributed by atoms with Crippen molar-refractivity contribution in [1.82, 2.24) is 10.8 Å². The maximum atomic E-state index is 12.2. The molecule has 0 aromatic carbocycles. The molecule has 0 amide bonds. The zero-order valence-corrected chi connectivity index (χ0v) is 20.6. The van der Waals surface area contributed by atoms with E-state index in [1.807, 2.05) is 0 Å². The first-order chi connectivity index (χ1) is 15.7. The number of nitrogens with two attached hydrogens (primary N) is 1. The molecule has 0 heterocycles. The van der Waals surface area contributed by atoms with Crippen LogP contribution in [-0.4, -0.2) is 47.6 Å². The fourth-order valence-electron chi connectivity index (χ4n) is 8.33. The number of allylic oxidation sites excluding steroid dienone is 1. The number of fused-ring (bicyclic) bond motifs is 5. The number of rotatable bonds is 8. The van der Waals surface area contributed by atoms with E-state index in [1.165, 1.54) is 6.42 Å². The van der Waals surface area contributed by atoms with Gasteiger partial charge >= 0.3 is 0 Å². The number of guanidine groups is 1. The van der Waals surface area contributed by atoms with Crippen LogP contribution in [0.4, 0.5) is 0 Å². The lowest BCUT2D eigenvalue weighted by Crippen LogP contribution is -2.62. The maximum Gasteiger partial charge on any atom is 0.185 e. The Morgan fingerprint density at radius 3 is 2.73 bits per heavy atom. The summed E-state index contributed by atoms with van der Waals surface area (Å²) in [4.78, 5) is 5.45. The Balaban J connectivity index is 1.32. The fourth-order valence-corrected chi connectivity index (χ4v) is 8.33. The first kappa shape index (κ1) is 25.0. The monoisotopic (exact) mass is 462 g/mol. The van der Waals surface area contributed by atoms with Crippen LogP contribution in [0.3, 0.4) is 0 Å². The highest BCUT2D eigenvalue weighted by atomic mass is 16.6. The number of aliphatic hydroxyl groups excluding tert-OH is 1. The molecule has 4 saturated carbocycles. The van der Waals surface area contributed by atoms with E-state index in [-0.39, 0.29) is 22.9 Å². The van der Waals surface area contributed by atoms with Crippen molar-refractivity contribution >= 4 is 5.96 Å². The molecule has 0 aromatic heterocycles. The molecule has 188 valence electrons. The molecule has 0 radical (unpaired) electrons. The fraction of sp³-hybridized carbons (Fsp3) is 0.885. The van der Waals surface area contributed by atoms with Crippen molar-refractivity contribution < 1.29 is 15.1 Å². The van der Waals surface area contributed by atoms with Gasteiger partial charge in [-0.2, -0.15) is 5.48 Å². The average Bonchev–Trinajstić information content (AvgIpc) is 3.04. The van der Waals surface area contributed by atoms with Gasteiger partial charge in [-0.05, 0) is 93.3 Å². The summed E-state index contributed by atoms with van der Waals surface area (Å²) in [6, 6.07) is 0. The quantitative estimate of drug-likeness (QED) is 0.108. The number of hydrogen-bond donors (Lipinski definition) is 6. The number of nitrogens with one attached hydrogen (secondary N) is 3. The van der Waals surface area contributed by atoms with Gasteiger partial charge in [-0.3, -0.25) is 5.41 Å². The van der Waals surface area contributed by atoms with Crippen LogP contribution >= 0.6 is 0 Å². The van der Waals surface area contributed by atoms with Gasteiger partial charge in [-0.25, -0.2) is 0 Å². The van der Waals surface area contributed by atoms with Crippen LogP contribution in [0, 0.1) is 39.9 Å². The summed E-state index contributed by atoms with van der Waals surface area (Å²) in [5.74, 6) is 2.01. The zero-order valence-electron chi connectivity index (χ0n) is 20.6. The SMILES string of the molecule is C[C@]12CC[C@H](O)C[C@H]1CC[C@@H]1[C@@H]2CC[C@]2(C)[C@@H](/C=C/CNOCCCNC(=N)N)CC[C@]12O. The Labute approximate surface area is 199 Å². The largest absolute Gasteiger partial charge is 0.393 e. The molecule has 8 atom stereocenters. The summed E-state index contributed by atoms with van der Waals surface area (Å²) in [6.45, 7) is 6.67. The van der Waals surface area contributed by atoms with Crippen molar-refractivity contribution in [3.05, 3.63) is 12.2 Å². The molecule has 33 heavy (non-hydrogen) atoms. The lowest BCUT2D eigenvalue weighted by molar-refractivity contribution is -0.207. The number of hydroxylamine groups is 1. The molecular formula is C26H46N4O3. The lowest BCUT2D eigenvalue weighted by Gasteiger charge is -2.63. The number of hydrogen-bond acceptors (Lipinski definition) is 5. The van der Waals surface area contributed by atoms with E-state index in [2.05, 4.69) is 36.8 Å². The van der Waals surface area contributed by atoms with E-state index in [4.69, 9.17) is 16.0 Å². The van der Waals surface area contributed by atoms with E-state index < -0.39 is 5.60 Å². The molecule has 7 heteroatoms. The molecule has 7 nitrogen and oxygen atoms in total. The van der Waals surface area contributed by atoms with Crippen LogP contribution in [-0.2, 0) is 4.84 Å². The van der Waals surface area contributed by atoms with E-state index in [0.29, 0.717) is 43.4 Å². The summed E-state index contributed by atoms with van der Waals surface area (Å²) in [5.41, 5.74) is 7.91. The Hall–Kier alpha value is -1.15. The lowest BCUT2D eigenvalue weighted by atomic mass is 9.43. The third-order valence-corrected chi connectivity index (χ3v) is 10.3. The average molecular weight is 463 g/mol. The van der Waals surface area contributed by atoms with Gasteiger partial charge in [0, 0.05) is 18.5 Å². The van der Waals surface area contributed by atoms with E-state index in [9.17, 15) is 10.2 Å². The highest BCUT2D eigenvalue weighted by molar-refractivity contribution is 5.74. The Bertz CT molecular complexity index is 732. The topological polar surface area (TPSA) is 124 Å². The van der Waals surface area contributed by atoms with Crippen molar-refractivity contribution in [2.24, 2.45) is 40.2 Å². The van der Waals surface area contributed by atoms with Gasteiger partial charge in [-0.1, -0.05) is 26.0 Å². The summed E-state index contributed by atoms with van der Waals surface area (Å²) >= 11 is 0. The van der Waals surface area contributed by atoms with Crippen molar-refractivity contribution in [2.75, 3.05) is 19.7 Å². The van der Waals surface area contributed by atoms with Crippen LogP contribution < -0.4 is 16.5 Å². The van der Waals surface area contributed by atoms with Gasteiger partial charge in [0.2, 0.25) is 0 Å². The minimum Gasteiger partial charge on any atom is -0.393 e.